The van der Waals surface area contributed by atoms with Gasteiger partial charge in [-0.25, -0.2) is 0 Å². The minimum Gasteiger partial charge on any atom is -0.316 e. The molecule has 2 unspecified atom stereocenters. The van der Waals surface area contributed by atoms with Gasteiger partial charge in [0.05, 0.1) is 0 Å². The van der Waals surface area contributed by atoms with Crippen molar-refractivity contribution in [3.05, 3.63) is 35.9 Å². The molecular weight excluding hydrogens is 254 g/mol. The van der Waals surface area contributed by atoms with Crippen molar-refractivity contribution in [2.45, 2.75) is 59.3 Å². The molecule has 2 atom stereocenters. The first kappa shape index (κ1) is 16.5. The maximum Gasteiger partial charge on any atom is -0.00179 e. The van der Waals surface area contributed by atoms with E-state index in [4.69, 9.17) is 0 Å². The molecule has 1 heteroatoms. The molecule has 2 rings (SSSR count). The van der Waals surface area contributed by atoms with Crippen LogP contribution in [0.1, 0.15) is 58.4 Å². The molecule has 1 aliphatic carbocycles. The average Bonchev–Trinajstić information content (AvgIpc) is 2.48. The van der Waals surface area contributed by atoms with Gasteiger partial charge < -0.3 is 5.32 Å². The molecular formula is C20H33N. The Morgan fingerprint density at radius 3 is 2.62 bits per heavy atom. The van der Waals surface area contributed by atoms with Crippen LogP contribution in [0, 0.1) is 17.3 Å². The monoisotopic (exact) mass is 287 g/mol. The number of nitrogens with one attached hydrogen (secondary N) is 1. The van der Waals surface area contributed by atoms with E-state index in [-0.39, 0.29) is 0 Å². The lowest BCUT2D eigenvalue weighted by atomic mass is 9.65. The van der Waals surface area contributed by atoms with Crippen molar-refractivity contribution in [1.82, 2.24) is 5.32 Å². The quantitative estimate of drug-likeness (QED) is 0.691. The second kappa shape index (κ2) is 7.98. The summed E-state index contributed by atoms with van der Waals surface area (Å²) in [7, 11) is 0. The maximum atomic E-state index is 3.66. The molecule has 0 bridgehead atoms. The van der Waals surface area contributed by atoms with Crippen LogP contribution in [0.3, 0.4) is 0 Å². The van der Waals surface area contributed by atoms with E-state index in [0.29, 0.717) is 5.41 Å². The van der Waals surface area contributed by atoms with Crippen LogP contribution < -0.4 is 5.32 Å². The second-order valence-corrected chi connectivity index (χ2v) is 7.66. The lowest BCUT2D eigenvalue weighted by Crippen LogP contribution is -2.36. The predicted molar refractivity (Wildman–Crippen MR) is 92.5 cm³/mol. The third-order valence-corrected chi connectivity index (χ3v) is 5.15. The molecule has 0 amide bonds. The Hall–Kier alpha value is -0.820. The number of rotatable bonds is 7. The zero-order valence-corrected chi connectivity index (χ0v) is 14.2. The first-order valence-electron chi connectivity index (χ1n) is 8.85. The summed E-state index contributed by atoms with van der Waals surface area (Å²) in [5.41, 5.74) is 2.05. The van der Waals surface area contributed by atoms with Crippen LogP contribution in [-0.4, -0.2) is 13.1 Å². The summed E-state index contributed by atoms with van der Waals surface area (Å²) >= 11 is 0. The normalized spacial score (nSPS) is 24.9. The first-order chi connectivity index (χ1) is 10.1. The SMILES string of the molecule is CCCNCC1CCC(C)(C)CC1CCc1ccccc1. The molecule has 0 spiro atoms. The summed E-state index contributed by atoms with van der Waals surface area (Å²) in [6.07, 6.45) is 8.04. The van der Waals surface area contributed by atoms with E-state index in [2.05, 4.69) is 56.4 Å². The van der Waals surface area contributed by atoms with Crippen LogP contribution in [0.2, 0.25) is 0 Å². The molecule has 0 heterocycles. The topological polar surface area (TPSA) is 12.0 Å². The zero-order valence-electron chi connectivity index (χ0n) is 14.2. The Labute approximate surface area is 131 Å². The molecule has 1 nitrogen and oxygen atoms in total. The minimum absolute atomic E-state index is 0.544. The second-order valence-electron chi connectivity index (χ2n) is 7.66. The van der Waals surface area contributed by atoms with Crippen molar-refractivity contribution in [2.75, 3.05) is 13.1 Å². The zero-order chi connectivity index (χ0) is 15.1. The van der Waals surface area contributed by atoms with E-state index >= 15 is 0 Å². The Balaban J connectivity index is 1.90. The highest BCUT2D eigenvalue weighted by Gasteiger charge is 2.34. The number of benzene rings is 1. The average molecular weight is 287 g/mol. The molecule has 1 saturated carbocycles. The van der Waals surface area contributed by atoms with Crippen molar-refractivity contribution >= 4 is 0 Å². The van der Waals surface area contributed by atoms with E-state index in [1.165, 1.54) is 57.2 Å². The van der Waals surface area contributed by atoms with Crippen molar-refractivity contribution in [3.8, 4) is 0 Å². The Bertz CT molecular complexity index is 396. The third-order valence-electron chi connectivity index (χ3n) is 5.15. The lowest BCUT2D eigenvalue weighted by Gasteiger charge is -2.41. The van der Waals surface area contributed by atoms with Crippen LogP contribution in [0.15, 0.2) is 30.3 Å². The van der Waals surface area contributed by atoms with E-state index in [0.717, 1.165) is 11.8 Å². The van der Waals surface area contributed by atoms with Gasteiger partial charge in [-0.05, 0) is 74.4 Å². The third kappa shape index (κ3) is 5.47. The number of aryl methyl sites for hydroxylation is 1. The van der Waals surface area contributed by atoms with Crippen LogP contribution in [-0.2, 0) is 6.42 Å². The summed E-state index contributed by atoms with van der Waals surface area (Å²) in [4.78, 5) is 0. The molecule has 1 aliphatic rings. The van der Waals surface area contributed by atoms with E-state index in [9.17, 15) is 0 Å². The smallest absolute Gasteiger partial charge is 0.00179 e. The van der Waals surface area contributed by atoms with Gasteiger partial charge in [0.1, 0.15) is 0 Å². The highest BCUT2D eigenvalue weighted by atomic mass is 14.9. The molecule has 118 valence electrons. The standard InChI is InChI=1S/C20H33N/c1-4-14-21-16-19-12-13-20(2,3)15-18(19)11-10-17-8-6-5-7-9-17/h5-9,18-19,21H,4,10-16H2,1-3H3. The molecule has 0 saturated heterocycles. The Morgan fingerprint density at radius 1 is 1.14 bits per heavy atom. The van der Waals surface area contributed by atoms with Crippen molar-refractivity contribution < 1.29 is 0 Å². The van der Waals surface area contributed by atoms with Gasteiger partial charge in [0.2, 0.25) is 0 Å². The van der Waals surface area contributed by atoms with Crippen LogP contribution in [0.5, 0.6) is 0 Å². The van der Waals surface area contributed by atoms with Gasteiger partial charge in [-0.3, -0.25) is 0 Å². The predicted octanol–water partition coefficient (Wildman–Crippen LogP) is 5.06. The lowest BCUT2D eigenvalue weighted by molar-refractivity contribution is 0.110. The van der Waals surface area contributed by atoms with E-state index in [1.807, 2.05) is 0 Å². The fraction of sp³-hybridized carbons (Fsp3) is 0.700. The van der Waals surface area contributed by atoms with Gasteiger partial charge in [0.25, 0.3) is 0 Å². The first-order valence-corrected chi connectivity index (χ1v) is 8.85. The fourth-order valence-corrected chi connectivity index (χ4v) is 3.86. The maximum absolute atomic E-state index is 3.66. The summed E-state index contributed by atoms with van der Waals surface area (Å²) in [6.45, 7) is 9.56. The van der Waals surface area contributed by atoms with Crippen molar-refractivity contribution in [1.29, 1.82) is 0 Å². The van der Waals surface area contributed by atoms with Gasteiger partial charge in [0.15, 0.2) is 0 Å². The summed E-state index contributed by atoms with van der Waals surface area (Å²) in [5, 5.41) is 3.66. The Kier molecular flexibility index (Phi) is 6.29. The van der Waals surface area contributed by atoms with Gasteiger partial charge in [-0.15, -0.1) is 0 Å². The molecule has 0 radical (unpaired) electrons. The summed E-state index contributed by atoms with van der Waals surface area (Å²) in [6, 6.07) is 11.0. The van der Waals surface area contributed by atoms with E-state index in [1.54, 1.807) is 0 Å². The molecule has 1 N–H and O–H groups in total. The van der Waals surface area contributed by atoms with E-state index < -0.39 is 0 Å². The van der Waals surface area contributed by atoms with Crippen molar-refractivity contribution in [3.63, 3.8) is 0 Å². The molecule has 21 heavy (non-hydrogen) atoms. The van der Waals surface area contributed by atoms with Gasteiger partial charge in [-0.2, -0.15) is 0 Å². The largest absolute Gasteiger partial charge is 0.316 e. The van der Waals surface area contributed by atoms with Crippen molar-refractivity contribution in [2.24, 2.45) is 17.3 Å². The van der Waals surface area contributed by atoms with Gasteiger partial charge in [-0.1, -0.05) is 51.1 Å². The van der Waals surface area contributed by atoms with Crippen LogP contribution in [0.25, 0.3) is 0 Å². The molecule has 0 aliphatic heterocycles. The molecule has 1 aromatic rings. The Morgan fingerprint density at radius 2 is 1.90 bits per heavy atom. The summed E-state index contributed by atoms with van der Waals surface area (Å²) in [5.74, 6) is 1.77. The highest BCUT2D eigenvalue weighted by Crippen LogP contribution is 2.43. The van der Waals surface area contributed by atoms with Crippen LogP contribution >= 0.6 is 0 Å². The summed E-state index contributed by atoms with van der Waals surface area (Å²) < 4.78 is 0. The highest BCUT2D eigenvalue weighted by molar-refractivity contribution is 5.14. The molecule has 1 aromatic carbocycles. The fourth-order valence-electron chi connectivity index (χ4n) is 3.86. The van der Waals surface area contributed by atoms with Crippen LogP contribution in [0.4, 0.5) is 0 Å². The molecule has 0 aromatic heterocycles. The minimum atomic E-state index is 0.544. The van der Waals surface area contributed by atoms with Gasteiger partial charge >= 0.3 is 0 Å². The van der Waals surface area contributed by atoms with Gasteiger partial charge in [0, 0.05) is 0 Å². The number of hydrogen-bond donors (Lipinski definition) is 1. The number of hydrogen-bond acceptors (Lipinski definition) is 1. The molecule has 1 fully saturated rings.